The quantitative estimate of drug-likeness (QED) is 0.724. The van der Waals surface area contributed by atoms with E-state index in [0.29, 0.717) is 18.9 Å². The Labute approximate surface area is 116 Å². The minimum atomic E-state index is -0.229. The Bertz CT molecular complexity index is 379. The zero-order valence-corrected chi connectivity index (χ0v) is 12.3. The van der Waals surface area contributed by atoms with Crippen molar-refractivity contribution in [2.24, 2.45) is 11.7 Å². The van der Waals surface area contributed by atoms with Crippen molar-refractivity contribution in [2.45, 2.75) is 52.5 Å². The zero-order chi connectivity index (χ0) is 14.3. The third-order valence-corrected chi connectivity index (χ3v) is 3.21. The monoisotopic (exact) mass is 267 g/mol. The highest BCUT2D eigenvalue weighted by atomic mass is 19.1. The average molecular weight is 267 g/mol. The van der Waals surface area contributed by atoms with Crippen molar-refractivity contribution in [1.29, 1.82) is 0 Å². The van der Waals surface area contributed by atoms with E-state index < -0.39 is 0 Å². The normalized spacial score (nSPS) is 12.7. The molecule has 0 saturated heterocycles. The van der Waals surface area contributed by atoms with Crippen LogP contribution in [0.1, 0.15) is 45.6 Å². The lowest BCUT2D eigenvalue weighted by molar-refractivity contribution is 0.294. The molecule has 0 saturated carbocycles. The summed E-state index contributed by atoms with van der Waals surface area (Å²) >= 11 is 0. The fourth-order valence-corrected chi connectivity index (χ4v) is 1.95. The third kappa shape index (κ3) is 6.06. The van der Waals surface area contributed by atoms with Gasteiger partial charge in [0.25, 0.3) is 0 Å². The molecule has 1 aromatic rings. The Hall–Kier alpha value is -1.09. The van der Waals surface area contributed by atoms with Crippen LogP contribution in [0.5, 0.6) is 5.75 Å². The molecule has 2 N–H and O–H groups in total. The summed E-state index contributed by atoms with van der Waals surface area (Å²) in [5, 5.41) is 0. The fraction of sp³-hybridized carbons (Fsp3) is 0.625. The largest absolute Gasteiger partial charge is 0.493 e. The van der Waals surface area contributed by atoms with E-state index in [0.717, 1.165) is 30.6 Å². The molecule has 0 heterocycles. The summed E-state index contributed by atoms with van der Waals surface area (Å²) in [6, 6.07) is 4.74. The van der Waals surface area contributed by atoms with Gasteiger partial charge >= 0.3 is 0 Å². The summed E-state index contributed by atoms with van der Waals surface area (Å²) in [7, 11) is 0. The predicted molar refractivity (Wildman–Crippen MR) is 77.9 cm³/mol. The summed E-state index contributed by atoms with van der Waals surface area (Å²) in [6.45, 7) is 7.11. The SMILES string of the molecule is CCC(N)Cc1cc(F)ccc1OCCCC(C)C. The summed E-state index contributed by atoms with van der Waals surface area (Å²) in [5.41, 5.74) is 6.81. The molecule has 0 fully saturated rings. The van der Waals surface area contributed by atoms with Gasteiger partial charge < -0.3 is 10.5 Å². The average Bonchev–Trinajstić information content (AvgIpc) is 2.36. The molecule has 1 aromatic carbocycles. The molecular weight excluding hydrogens is 241 g/mol. The highest BCUT2D eigenvalue weighted by Crippen LogP contribution is 2.22. The van der Waals surface area contributed by atoms with E-state index in [1.54, 1.807) is 6.07 Å². The lowest BCUT2D eigenvalue weighted by Gasteiger charge is -2.15. The lowest BCUT2D eigenvalue weighted by atomic mass is 10.0. The standard InChI is InChI=1S/C16H26FNO/c1-4-15(18)11-13-10-14(17)7-8-16(13)19-9-5-6-12(2)3/h7-8,10,12,15H,4-6,9,11,18H2,1-3H3. The van der Waals surface area contributed by atoms with Gasteiger partial charge in [-0.1, -0.05) is 20.8 Å². The molecule has 1 unspecified atom stereocenters. The van der Waals surface area contributed by atoms with Gasteiger partial charge in [-0.15, -0.1) is 0 Å². The molecule has 0 amide bonds. The van der Waals surface area contributed by atoms with Gasteiger partial charge in [0, 0.05) is 6.04 Å². The molecule has 0 aromatic heterocycles. The molecule has 0 aliphatic heterocycles. The van der Waals surface area contributed by atoms with E-state index in [9.17, 15) is 4.39 Å². The Kier molecular flexibility index (Phi) is 6.85. The molecule has 1 atom stereocenters. The highest BCUT2D eigenvalue weighted by Gasteiger charge is 2.09. The van der Waals surface area contributed by atoms with Gasteiger partial charge in [-0.05, 0) is 55.4 Å². The van der Waals surface area contributed by atoms with Crippen molar-refractivity contribution in [3.8, 4) is 5.75 Å². The number of halogens is 1. The van der Waals surface area contributed by atoms with E-state index in [-0.39, 0.29) is 11.9 Å². The molecule has 0 radical (unpaired) electrons. The number of hydrogen-bond donors (Lipinski definition) is 1. The van der Waals surface area contributed by atoms with E-state index in [2.05, 4.69) is 13.8 Å². The molecule has 0 bridgehead atoms. The van der Waals surface area contributed by atoms with Crippen LogP contribution in [0.4, 0.5) is 4.39 Å². The van der Waals surface area contributed by atoms with Gasteiger partial charge in [-0.25, -0.2) is 4.39 Å². The maximum absolute atomic E-state index is 13.3. The number of benzene rings is 1. The van der Waals surface area contributed by atoms with Gasteiger partial charge in [-0.2, -0.15) is 0 Å². The van der Waals surface area contributed by atoms with Gasteiger partial charge in [0.2, 0.25) is 0 Å². The van der Waals surface area contributed by atoms with Crippen LogP contribution in [0.15, 0.2) is 18.2 Å². The van der Waals surface area contributed by atoms with Crippen molar-refractivity contribution in [1.82, 2.24) is 0 Å². The van der Waals surface area contributed by atoms with Crippen molar-refractivity contribution >= 4 is 0 Å². The molecule has 1 rings (SSSR count). The van der Waals surface area contributed by atoms with Crippen LogP contribution < -0.4 is 10.5 Å². The third-order valence-electron chi connectivity index (χ3n) is 3.21. The minimum Gasteiger partial charge on any atom is -0.493 e. The molecule has 19 heavy (non-hydrogen) atoms. The Balaban J connectivity index is 2.60. The van der Waals surface area contributed by atoms with Crippen LogP contribution in [0.3, 0.4) is 0 Å². The van der Waals surface area contributed by atoms with Crippen LogP contribution in [-0.2, 0) is 6.42 Å². The molecular formula is C16H26FNO. The molecule has 0 aliphatic rings. The van der Waals surface area contributed by atoms with Crippen molar-refractivity contribution in [2.75, 3.05) is 6.61 Å². The van der Waals surface area contributed by atoms with Crippen LogP contribution in [-0.4, -0.2) is 12.6 Å². The van der Waals surface area contributed by atoms with Gasteiger partial charge in [0.15, 0.2) is 0 Å². The first kappa shape index (κ1) is 16.0. The molecule has 3 heteroatoms. The highest BCUT2D eigenvalue weighted by molar-refractivity contribution is 5.34. The molecule has 0 aliphatic carbocycles. The van der Waals surface area contributed by atoms with E-state index in [1.165, 1.54) is 12.1 Å². The van der Waals surface area contributed by atoms with Crippen LogP contribution in [0.25, 0.3) is 0 Å². The smallest absolute Gasteiger partial charge is 0.123 e. The summed E-state index contributed by atoms with van der Waals surface area (Å²) in [6.07, 6.45) is 3.70. The van der Waals surface area contributed by atoms with Crippen LogP contribution in [0, 0.1) is 11.7 Å². The first-order valence-electron chi connectivity index (χ1n) is 7.19. The molecule has 2 nitrogen and oxygen atoms in total. The minimum absolute atomic E-state index is 0.0554. The second-order valence-electron chi connectivity index (χ2n) is 5.51. The second-order valence-corrected chi connectivity index (χ2v) is 5.51. The summed E-state index contributed by atoms with van der Waals surface area (Å²) < 4.78 is 19.1. The Morgan fingerprint density at radius 3 is 2.68 bits per heavy atom. The van der Waals surface area contributed by atoms with Crippen molar-refractivity contribution in [3.63, 3.8) is 0 Å². The van der Waals surface area contributed by atoms with Gasteiger partial charge in [0.05, 0.1) is 6.61 Å². The van der Waals surface area contributed by atoms with Crippen LogP contribution >= 0.6 is 0 Å². The Morgan fingerprint density at radius 1 is 1.32 bits per heavy atom. The molecule has 108 valence electrons. The number of ether oxygens (including phenoxy) is 1. The first-order chi connectivity index (χ1) is 9.02. The van der Waals surface area contributed by atoms with Gasteiger partial charge in [-0.3, -0.25) is 0 Å². The number of hydrogen-bond acceptors (Lipinski definition) is 2. The maximum Gasteiger partial charge on any atom is 0.123 e. The summed E-state index contributed by atoms with van der Waals surface area (Å²) in [5.74, 6) is 1.23. The van der Waals surface area contributed by atoms with E-state index >= 15 is 0 Å². The Morgan fingerprint density at radius 2 is 2.05 bits per heavy atom. The van der Waals surface area contributed by atoms with Crippen molar-refractivity contribution < 1.29 is 9.13 Å². The number of rotatable bonds is 8. The summed E-state index contributed by atoms with van der Waals surface area (Å²) in [4.78, 5) is 0. The number of nitrogens with two attached hydrogens (primary N) is 1. The molecule has 0 spiro atoms. The van der Waals surface area contributed by atoms with Crippen molar-refractivity contribution in [3.05, 3.63) is 29.6 Å². The fourth-order valence-electron chi connectivity index (χ4n) is 1.95. The first-order valence-corrected chi connectivity index (χ1v) is 7.19. The van der Waals surface area contributed by atoms with Crippen LogP contribution in [0.2, 0.25) is 0 Å². The van der Waals surface area contributed by atoms with E-state index in [1.807, 2.05) is 6.92 Å². The second kappa shape index (κ2) is 8.16. The predicted octanol–water partition coefficient (Wildman–Crippen LogP) is 3.92. The van der Waals surface area contributed by atoms with Gasteiger partial charge in [0.1, 0.15) is 11.6 Å². The van der Waals surface area contributed by atoms with E-state index in [4.69, 9.17) is 10.5 Å². The maximum atomic E-state index is 13.3. The lowest BCUT2D eigenvalue weighted by Crippen LogP contribution is -2.22. The zero-order valence-electron chi connectivity index (χ0n) is 12.3. The topological polar surface area (TPSA) is 35.2 Å².